The predicted molar refractivity (Wildman–Crippen MR) is 102 cm³/mol. The van der Waals surface area contributed by atoms with Crippen LogP contribution in [0.2, 0.25) is 0 Å². The van der Waals surface area contributed by atoms with Gasteiger partial charge in [-0.2, -0.15) is 0 Å². The van der Waals surface area contributed by atoms with E-state index in [2.05, 4.69) is 21.8 Å². The Morgan fingerprint density at radius 1 is 1.26 bits per heavy atom. The molecule has 0 radical (unpaired) electrons. The highest BCUT2D eigenvalue weighted by Gasteiger charge is 2.34. The number of amides is 1. The first-order valence-electron chi connectivity index (χ1n) is 9.08. The number of morpholine rings is 1. The summed E-state index contributed by atoms with van der Waals surface area (Å²) in [7, 11) is 1.77. The average molecular weight is 364 g/mol. The number of ether oxygens (including phenoxy) is 1. The Kier molecular flexibility index (Phi) is 3.61. The van der Waals surface area contributed by atoms with Gasteiger partial charge in [-0.3, -0.25) is 9.69 Å². The molecule has 8 heteroatoms. The molecule has 5 rings (SSSR count). The highest BCUT2D eigenvalue weighted by atomic mass is 16.5. The van der Waals surface area contributed by atoms with Crippen molar-refractivity contribution in [1.82, 2.24) is 19.9 Å². The maximum atomic E-state index is 12.4. The molecule has 5 heterocycles. The van der Waals surface area contributed by atoms with Gasteiger partial charge < -0.3 is 14.6 Å². The van der Waals surface area contributed by atoms with Crippen molar-refractivity contribution in [3.8, 4) is 11.4 Å². The Bertz CT molecular complexity index is 1050. The summed E-state index contributed by atoms with van der Waals surface area (Å²) in [5.41, 5.74) is 2.60. The topological polar surface area (TPSA) is 87.2 Å². The molecular weight excluding hydrogens is 344 g/mol. The fourth-order valence-corrected chi connectivity index (χ4v) is 3.84. The molecule has 0 unspecified atom stereocenters. The van der Waals surface area contributed by atoms with Crippen LogP contribution in [0.3, 0.4) is 0 Å². The number of hydrogen-bond donors (Lipinski definition) is 1. The van der Waals surface area contributed by atoms with E-state index < -0.39 is 0 Å². The van der Waals surface area contributed by atoms with Crippen LogP contribution in [0.25, 0.3) is 22.4 Å². The van der Waals surface area contributed by atoms with E-state index in [1.54, 1.807) is 18.1 Å². The molecular formula is C19H20N6O2. The van der Waals surface area contributed by atoms with Crippen molar-refractivity contribution in [3.05, 3.63) is 30.1 Å². The molecule has 2 aliphatic heterocycles. The smallest absolute Gasteiger partial charge is 0.232 e. The standard InChI is InChI=1S/C19H20N6O2/c1-11-10-27-8-7-25(11)19-14-9-15(26)24(2)18(14)22-17(23-19)13-4-6-21-16-12(13)3-5-20-16/h3-6,11H,7-10H2,1-2H3,(H,20,21)/t11-/m1/s1. The molecule has 8 nitrogen and oxygen atoms in total. The minimum atomic E-state index is 0.0418. The number of likely N-dealkylation sites (N-methyl/N-ethyl adjacent to an activating group) is 1. The van der Waals surface area contributed by atoms with Gasteiger partial charge >= 0.3 is 0 Å². The molecule has 1 atom stereocenters. The lowest BCUT2D eigenvalue weighted by Gasteiger charge is -2.35. The molecule has 0 saturated carbocycles. The fourth-order valence-electron chi connectivity index (χ4n) is 3.84. The summed E-state index contributed by atoms with van der Waals surface area (Å²) < 4.78 is 5.58. The number of rotatable bonds is 2. The molecule has 27 heavy (non-hydrogen) atoms. The first-order valence-corrected chi connectivity index (χ1v) is 9.08. The first-order chi connectivity index (χ1) is 13.1. The third-order valence-electron chi connectivity index (χ3n) is 5.32. The second kappa shape index (κ2) is 6.02. The van der Waals surface area contributed by atoms with Crippen molar-refractivity contribution >= 4 is 28.6 Å². The number of carbonyl (C=O) groups is 1. The quantitative estimate of drug-likeness (QED) is 0.746. The second-order valence-electron chi connectivity index (χ2n) is 7.02. The number of hydrogen-bond acceptors (Lipinski definition) is 6. The minimum absolute atomic E-state index is 0.0418. The summed E-state index contributed by atoms with van der Waals surface area (Å²) in [6, 6.07) is 4.08. The zero-order chi connectivity index (χ0) is 18.5. The highest BCUT2D eigenvalue weighted by molar-refractivity contribution is 6.02. The monoisotopic (exact) mass is 364 g/mol. The van der Waals surface area contributed by atoms with Crippen LogP contribution >= 0.6 is 0 Å². The van der Waals surface area contributed by atoms with Crippen molar-refractivity contribution in [2.45, 2.75) is 19.4 Å². The lowest BCUT2D eigenvalue weighted by molar-refractivity contribution is -0.117. The average Bonchev–Trinajstić information content (AvgIpc) is 3.27. The third kappa shape index (κ3) is 2.48. The van der Waals surface area contributed by atoms with Gasteiger partial charge in [0.05, 0.1) is 25.7 Å². The predicted octanol–water partition coefficient (Wildman–Crippen LogP) is 1.76. The van der Waals surface area contributed by atoms with Gasteiger partial charge in [-0.25, -0.2) is 15.0 Å². The molecule has 1 amide bonds. The second-order valence-corrected chi connectivity index (χ2v) is 7.02. The van der Waals surface area contributed by atoms with Crippen molar-refractivity contribution < 1.29 is 9.53 Å². The van der Waals surface area contributed by atoms with E-state index in [-0.39, 0.29) is 11.9 Å². The van der Waals surface area contributed by atoms with Gasteiger partial charge in [-0.15, -0.1) is 0 Å². The molecule has 1 N–H and O–H groups in total. The number of pyridine rings is 1. The van der Waals surface area contributed by atoms with Crippen LogP contribution in [0, 0.1) is 0 Å². The summed E-state index contributed by atoms with van der Waals surface area (Å²) >= 11 is 0. The van der Waals surface area contributed by atoms with E-state index in [0.717, 1.165) is 34.5 Å². The SMILES string of the molecule is C[C@@H]1COCCN1c1nc(-c2ccnc3[nH]ccc23)nc2c1CC(=O)N2C. The van der Waals surface area contributed by atoms with Crippen molar-refractivity contribution in [2.75, 3.05) is 36.6 Å². The largest absolute Gasteiger partial charge is 0.377 e. The maximum Gasteiger partial charge on any atom is 0.232 e. The summed E-state index contributed by atoms with van der Waals surface area (Å²) in [6.45, 7) is 4.16. The third-order valence-corrected chi connectivity index (χ3v) is 5.32. The summed E-state index contributed by atoms with van der Waals surface area (Å²) in [5.74, 6) is 2.18. The van der Waals surface area contributed by atoms with Crippen LogP contribution in [0.5, 0.6) is 0 Å². The number of fused-ring (bicyclic) bond motifs is 2. The van der Waals surface area contributed by atoms with Crippen LogP contribution in [0.4, 0.5) is 11.6 Å². The summed E-state index contributed by atoms with van der Waals surface area (Å²) in [5, 5.41) is 0.963. The number of aromatic amines is 1. The van der Waals surface area contributed by atoms with Gasteiger partial charge in [-0.05, 0) is 19.1 Å². The molecule has 0 aliphatic carbocycles. The molecule has 3 aromatic rings. The van der Waals surface area contributed by atoms with Crippen LogP contribution in [-0.4, -0.2) is 58.7 Å². The van der Waals surface area contributed by atoms with Gasteiger partial charge in [0, 0.05) is 42.5 Å². The molecule has 0 aromatic carbocycles. The van der Waals surface area contributed by atoms with Gasteiger partial charge in [0.15, 0.2) is 5.82 Å². The number of carbonyl (C=O) groups excluding carboxylic acids is 1. The van der Waals surface area contributed by atoms with Gasteiger partial charge in [0.2, 0.25) is 5.91 Å². The van der Waals surface area contributed by atoms with Crippen LogP contribution in [-0.2, 0) is 16.0 Å². The summed E-state index contributed by atoms with van der Waals surface area (Å²) in [4.78, 5) is 33.4. The molecule has 1 saturated heterocycles. The van der Waals surface area contributed by atoms with Gasteiger partial charge in [0.25, 0.3) is 0 Å². The molecule has 1 fully saturated rings. The maximum absolute atomic E-state index is 12.4. The molecule has 0 spiro atoms. The Balaban J connectivity index is 1.73. The first kappa shape index (κ1) is 16.2. The van der Waals surface area contributed by atoms with E-state index >= 15 is 0 Å². The Morgan fingerprint density at radius 2 is 2.11 bits per heavy atom. The van der Waals surface area contributed by atoms with Gasteiger partial charge in [-0.1, -0.05) is 0 Å². The van der Waals surface area contributed by atoms with E-state index in [1.165, 1.54) is 0 Å². The lowest BCUT2D eigenvalue weighted by Crippen LogP contribution is -2.44. The number of aromatic nitrogens is 4. The molecule has 0 bridgehead atoms. The number of nitrogens with zero attached hydrogens (tertiary/aromatic N) is 5. The Morgan fingerprint density at radius 3 is 2.96 bits per heavy atom. The van der Waals surface area contributed by atoms with Crippen LogP contribution in [0.1, 0.15) is 12.5 Å². The number of nitrogens with one attached hydrogen (secondary N) is 1. The Labute approximate surface area is 156 Å². The van der Waals surface area contributed by atoms with Crippen molar-refractivity contribution in [3.63, 3.8) is 0 Å². The molecule has 3 aromatic heterocycles. The van der Waals surface area contributed by atoms with E-state index in [9.17, 15) is 4.79 Å². The fraction of sp³-hybridized carbons (Fsp3) is 0.368. The highest BCUT2D eigenvalue weighted by Crippen LogP contribution is 2.37. The van der Waals surface area contributed by atoms with Gasteiger partial charge in [0.1, 0.15) is 17.3 Å². The van der Waals surface area contributed by atoms with Crippen molar-refractivity contribution in [1.29, 1.82) is 0 Å². The Hall–Kier alpha value is -3.00. The number of anilines is 2. The normalized spacial score (nSPS) is 19.8. The summed E-state index contributed by atoms with van der Waals surface area (Å²) in [6.07, 6.45) is 3.94. The van der Waals surface area contributed by atoms with Crippen molar-refractivity contribution in [2.24, 2.45) is 0 Å². The van der Waals surface area contributed by atoms with E-state index in [4.69, 9.17) is 14.7 Å². The van der Waals surface area contributed by atoms with E-state index in [1.807, 2.05) is 18.3 Å². The zero-order valence-corrected chi connectivity index (χ0v) is 15.3. The van der Waals surface area contributed by atoms with Crippen LogP contribution < -0.4 is 9.80 Å². The zero-order valence-electron chi connectivity index (χ0n) is 15.3. The number of H-pyrrole nitrogens is 1. The minimum Gasteiger partial charge on any atom is -0.377 e. The lowest BCUT2D eigenvalue weighted by atomic mass is 10.1. The molecule has 138 valence electrons. The van der Waals surface area contributed by atoms with E-state index in [0.29, 0.717) is 31.3 Å². The molecule has 2 aliphatic rings. The van der Waals surface area contributed by atoms with Crippen LogP contribution in [0.15, 0.2) is 24.5 Å².